The van der Waals surface area contributed by atoms with E-state index >= 15 is 0 Å². The molecule has 0 heterocycles. The van der Waals surface area contributed by atoms with E-state index in [1.807, 2.05) is 0 Å². The predicted octanol–water partition coefficient (Wildman–Crippen LogP) is 9.61. The maximum absolute atomic E-state index is 10.2. The van der Waals surface area contributed by atoms with Gasteiger partial charge in [-0.25, -0.2) is 0 Å². The van der Waals surface area contributed by atoms with Gasteiger partial charge < -0.3 is 19.8 Å². The number of carboxylic acid groups (broad SMARTS) is 2. The number of rotatable bonds is 32. The summed E-state index contributed by atoms with van der Waals surface area (Å²) in [6.45, 7) is 4.53. The van der Waals surface area contributed by atoms with Crippen LogP contribution in [0.1, 0.15) is 219 Å². The molecule has 0 spiro atoms. The molecule has 0 radical (unpaired) electrons. The number of unbranched alkanes of at least 4 members (excludes halogenated alkanes) is 28. The van der Waals surface area contributed by atoms with E-state index in [0.29, 0.717) is 0 Å². The van der Waals surface area contributed by atoms with Gasteiger partial charge in [-0.15, -0.1) is 0 Å². The molecule has 0 N–H and O–H groups in total. The summed E-state index contributed by atoms with van der Waals surface area (Å²) in [5, 5.41) is 20.4. The molecule has 4 nitrogen and oxygen atoms in total. The molecule has 0 rings (SSSR count). The first-order valence-corrected chi connectivity index (χ1v) is 17.9. The topological polar surface area (TPSA) is 80.3 Å². The summed E-state index contributed by atoms with van der Waals surface area (Å²) in [4.78, 5) is 20.4. The Balaban J connectivity index is -0.000000688. The third-order valence-electron chi connectivity index (χ3n) is 7.97. The van der Waals surface area contributed by atoms with E-state index < -0.39 is 11.9 Å². The Bertz CT molecular complexity index is 454. The second kappa shape index (κ2) is 42.3. The van der Waals surface area contributed by atoms with Crippen molar-refractivity contribution in [1.29, 1.82) is 0 Å². The first-order valence-electron chi connectivity index (χ1n) is 17.9. The number of hydrogen-bond donors (Lipinski definition) is 0. The van der Waals surface area contributed by atoms with E-state index in [4.69, 9.17) is 0 Å². The maximum Gasteiger partial charge on any atom is 2.00 e. The summed E-state index contributed by atoms with van der Waals surface area (Å²) < 4.78 is 0. The van der Waals surface area contributed by atoms with Crippen LogP contribution in [0.15, 0.2) is 0 Å². The van der Waals surface area contributed by atoms with E-state index in [9.17, 15) is 19.8 Å². The number of carbonyl (C=O) groups is 2. The van der Waals surface area contributed by atoms with Crippen molar-refractivity contribution in [3.05, 3.63) is 0 Å². The molecule has 0 atom stereocenters. The van der Waals surface area contributed by atoms with Crippen molar-refractivity contribution < 1.29 is 19.8 Å². The molecule has 0 saturated carbocycles. The zero-order chi connectivity index (χ0) is 29.8. The van der Waals surface area contributed by atoms with Crippen molar-refractivity contribution in [1.82, 2.24) is 0 Å². The van der Waals surface area contributed by atoms with E-state index in [1.165, 1.54) is 167 Å². The van der Waals surface area contributed by atoms with Gasteiger partial charge in [0.05, 0.1) is 0 Å². The average Bonchev–Trinajstić information content (AvgIpc) is 2.93. The summed E-state index contributed by atoms with van der Waals surface area (Å²) in [7, 11) is 0. The zero-order valence-corrected chi connectivity index (χ0v) is 30.2. The van der Waals surface area contributed by atoms with E-state index in [0.717, 1.165) is 25.7 Å². The predicted molar refractivity (Wildman–Crippen MR) is 175 cm³/mol. The van der Waals surface area contributed by atoms with E-state index in [1.54, 1.807) is 0 Å². The van der Waals surface area contributed by atoms with Gasteiger partial charge in [-0.1, -0.05) is 194 Å². The molecule has 0 aromatic rings. The van der Waals surface area contributed by atoms with Crippen LogP contribution in [0.5, 0.6) is 0 Å². The van der Waals surface area contributed by atoms with Gasteiger partial charge in [0.1, 0.15) is 0 Å². The van der Waals surface area contributed by atoms with Gasteiger partial charge in [-0.3, -0.25) is 0 Å². The minimum absolute atomic E-state index is 0. The average molecular weight is 607 g/mol. The second-order valence-corrected chi connectivity index (χ2v) is 12.1. The van der Waals surface area contributed by atoms with Crippen LogP contribution >= 0.6 is 0 Å². The van der Waals surface area contributed by atoms with Gasteiger partial charge in [0.25, 0.3) is 0 Å². The molecule has 0 aliphatic rings. The van der Waals surface area contributed by atoms with Gasteiger partial charge in [0.15, 0.2) is 0 Å². The third-order valence-corrected chi connectivity index (χ3v) is 7.97. The van der Waals surface area contributed by atoms with Crippen LogP contribution in [0, 0.1) is 0 Å². The van der Waals surface area contributed by atoms with Crippen LogP contribution in [-0.2, 0) is 9.59 Å². The normalized spacial score (nSPS) is 10.6. The number of hydrogen-bond acceptors (Lipinski definition) is 4. The Kier molecular flexibility index (Phi) is 47.1. The van der Waals surface area contributed by atoms with Gasteiger partial charge in [0, 0.05) is 11.9 Å². The zero-order valence-electron chi connectivity index (χ0n) is 28.0. The molecular formula is C36H70CaO4. The second-order valence-electron chi connectivity index (χ2n) is 12.1. The Morgan fingerprint density at radius 3 is 0.610 bits per heavy atom. The standard InChI is InChI=1S/2C18H36O2.Ca/c2*1-2-3-4-5-6-7-8-9-10-11-12-13-14-15-16-17-18(19)20;/h2*2-17H2,1H3,(H,19,20);/q;;+2/p-2. The molecule has 0 aliphatic heterocycles. The molecule has 0 aliphatic carbocycles. The third kappa shape index (κ3) is 50.2. The minimum atomic E-state index is -0.903. The first kappa shape index (κ1) is 45.6. The van der Waals surface area contributed by atoms with Crippen molar-refractivity contribution in [3.63, 3.8) is 0 Å². The van der Waals surface area contributed by atoms with Crippen molar-refractivity contribution in [2.75, 3.05) is 0 Å². The molecule has 0 fully saturated rings. The van der Waals surface area contributed by atoms with Crippen LogP contribution in [0.25, 0.3) is 0 Å². The molecule has 0 bridgehead atoms. The van der Waals surface area contributed by atoms with Crippen LogP contribution < -0.4 is 10.2 Å². The molecular weight excluding hydrogens is 536 g/mol. The van der Waals surface area contributed by atoms with Crippen LogP contribution in [-0.4, -0.2) is 49.7 Å². The SMILES string of the molecule is CCCCCCCCCCCCCCCCCC(=O)[O-].CCCCCCCCCCCCCCCCCC(=O)[O-].[Ca+2]. The Morgan fingerprint density at radius 1 is 0.317 bits per heavy atom. The van der Waals surface area contributed by atoms with Gasteiger partial charge in [-0.2, -0.15) is 0 Å². The maximum atomic E-state index is 10.2. The van der Waals surface area contributed by atoms with Crippen LogP contribution in [0.4, 0.5) is 0 Å². The number of aliphatic carboxylic acids is 2. The Hall–Kier alpha value is 0.200. The smallest absolute Gasteiger partial charge is 0.550 e. The van der Waals surface area contributed by atoms with Gasteiger partial charge in [0.2, 0.25) is 0 Å². The molecule has 0 saturated heterocycles. The van der Waals surface area contributed by atoms with Crippen molar-refractivity contribution in [2.45, 2.75) is 219 Å². The van der Waals surface area contributed by atoms with Crippen molar-refractivity contribution in [3.8, 4) is 0 Å². The summed E-state index contributed by atoms with van der Waals surface area (Å²) in [5.41, 5.74) is 0. The summed E-state index contributed by atoms with van der Waals surface area (Å²) in [6, 6.07) is 0. The van der Waals surface area contributed by atoms with Crippen molar-refractivity contribution in [2.24, 2.45) is 0 Å². The molecule has 5 heteroatoms. The fraction of sp³-hybridized carbons (Fsp3) is 0.944. The van der Waals surface area contributed by atoms with Gasteiger partial charge >= 0.3 is 37.7 Å². The summed E-state index contributed by atoms with van der Waals surface area (Å²) in [6.07, 6.45) is 39.7. The molecule has 0 aromatic heterocycles. The fourth-order valence-corrected chi connectivity index (χ4v) is 5.28. The first-order chi connectivity index (χ1) is 19.5. The molecule has 240 valence electrons. The van der Waals surface area contributed by atoms with Crippen LogP contribution in [0.3, 0.4) is 0 Å². The molecule has 0 amide bonds. The Labute approximate surface area is 287 Å². The number of carboxylic acids is 2. The van der Waals surface area contributed by atoms with E-state index in [-0.39, 0.29) is 50.6 Å². The minimum Gasteiger partial charge on any atom is -0.550 e. The molecule has 0 unspecified atom stereocenters. The molecule has 41 heavy (non-hydrogen) atoms. The fourth-order valence-electron chi connectivity index (χ4n) is 5.28. The number of carbonyl (C=O) groups excluding carboxylic acids is 2. The summed E-state index contributed by atoms with van der Waals surface area (Å²) >= 11 is 0. The van der Waals surface area contributed by atoms with Gasteiger partial charge in [-0.05, 0) is 25.7 Å². The van der Waals surface area contributed by atoms with Crippen molar-refractivity contribution >= 4 is 49.7 Å². The van der Waals surface area contributed by atoms with E-state index in [2.05, 4.69) is 13.8 Å². The summed E-state index contributed by atoms with van der Waals surface area (Å²) in [5.74, 6) is -1.81. The van der Waals surface area contributed by atoms with Crippen LogP contribution in [0.2, 0.25) is 0 Å². The Morgan fingerprint density at radius 2 is 0.463 bits per heavy atom. The monoisotopic (exact) mass is 606 g/mol. The molecule has 0 aromatic carbocycles. The largest absolute Gasteiger partial charge is 2.00 e. The quantitative estimate of drug-likeness (QED) is 0.0564.